The van der Waals surface area contributed by atoms with Crippen LogP contribution in [-0.2, 0) is 9.53 Å². The van der Waals surface area contributed by atoms with E-state index in [-0.39, 0.29) is 6.54 Å². The first kappa shape index (κ1) is 11.7. The molecule has 0 aliphatic heterocycles. The zero-order valence-corrected chi connectivity index (χ0v) is 8.08. The number of ether oxygens (including phenoxy) is 1. The van der Waals surface area contributed by atoms with Gasteiger partial charge in [0.05, 0.1) is 13.2 Å². The van der Waals surface area contributed by atoms with Gasteiger partial charge in [0.15, 0.2) is 0 Å². The molecule has 0 aromatic heterocycles. The largest absolute Gasteiger partial charge is 0.450 e. The van der Waals surface area contributed by atoms with Gasteiger partial charge < -0.3 is 9.53 Å². The molecule has 0 saturated heterocycles. The summed E-state index contributed by atoms with van der Waals surface area (Å²) in [4.78, 5) is 22.7. The molecule has 0 aliphatic rings. The summed E-state index contributed by atoms with van der Waals surface area (Å²) in [5.74, 6) is 0. The molecule has 74 valence electrons. The lowest BCUT2D eigenvalue weighted by molar-refractivity contribution is -0.108. The van der Waals surface area contributed by atoms with Crippen LogP contribution in [0.4, 0.5) is 4.79 Å². The molecule has 13 heavy (non-hydrogen) atoms. The third-order valence-electron chi connectivity index (χ3n) is 1.28. The van der Waals surface area contributed by atoms with Crippen LogP contribution in [0.5, 0.6) is 0 Å². The van der Waals surface area contributed by atoms with Crippen LogP contribution in [0.1, 0.15) is 13.8 Å². The summed E-state index contributed by atoms with van der Waals surface area (Å²) in [6.07, 6.45) is 0.192. The summed E-state index contributed by atoms with van der Waals surface area (Å²) in [7, 11) is 0. The average molecular weight is 185 g/mol. The number of carbonyl (C=O) groups is 2. The summed E-state index contributed by atoms with van der Waals surface area (Å²) in [6, 6.07) is 0. The number of aldehydes is 1. The minimum Gasteiger partial charge on any atom is -0.450 e. The monoisotopic (exact) mass is 185 g/mol. The summed E-state index contributed by atoms with van der Waals surface area (Å²) in [5.41, 5.74) is 0.815. The highest BCUT2D eigenvalue weighted by atomic mass is 16.6. The van der Waals surface area contributed by atoms with Crippen molar-refractivity contribution >= 4 is 12.4 Å². The van der Waals surface area contributed by atoms with E-state index in [0.717, 1.165) is 5.57 Å². The van der Waals surface area contributed by atoms with Crippen molar-refractivity contribution < 1.29 is 14.3 Å². The smallest absolute Gasteiger partial charge is 0.410 e. The molecule has 0 atom stereocenters. The summed E-state index contributed by atoms with van der Waals surface area (Å²) >= 11 is 0. The zero-order chi connectivity index (χ0) is 10.3. The molecule has 0 rings (SSSR count). The van der Waals surface area contributed by atoms with Gasteiger partial charge in [-0.05, 0) is 13.8 Å². The number of amides is 1. The SMILES string of the molecule is C=C(C)CN(CC=O)C(=O)OCC. The number of hydrogen-bond acceptors (Lipinski definition) is 3. The summed E-state index contributed by atoms with van der Waals surface area (Å²) in [5, 5.41) is 0. The third-order valence-corrected chi connectivity index (χ3v) is 1.28. The molecular formula is C9H15NO3. The first-order valence-corrected chi connectivity index (χ1v) is 4.11. The topological polar surface area (TPSA) is 46.6 Å². The average Bonchev–Trinajstić information content (AvgIpc) is 2.03. The molecule has 4 heteroatoms. The van der Waals surface area contributed by atoms with E-state index in [2.05, 4.69) is 6.58 Å². The minimum atomic E-state index is -0.474. The lowest BCUT2D eigenvalue weighted by Crippen LogP contribution is -2.34. The Hall–Kier alpha value is -1.32. The Labute approximate surface area is 78.2 Å². The van der Waals surface area contributed by atoms with Gasteiger partial charge in [0, 0.05) is 6.54 Å². The molecule has 0 bridgehead atoms. The van der Waals surface area contributed by atoms with Crippen LogP contribution in [0.25, 0.3) is 0 Å². The fourth-order valence-electron chi connectivity index (χ4n) is 0.834. The Bertz CT molecular complexity index is 201. The second-order valence-electron chi connectivity index (χ2n) is 2.70. The number of hydrogen-bond donors (Lipinski definition) is 0. The van der Waals surface area contributed by atoms with E-state index >= 15 is 0 Å². The molecule has 4 nitrogen and oxygen atoms in total. The van der Waals surface area contributed by atoms with E-state index in [0.29, 0.717) is 19.4 Å². The Morgan fingerprint density at radius 1 is 1.62 bits per heavy atom. The molecule has 0 heterocycles. The van der Waals surface area contributed by atoms with E-state index in [1.807, 2.05) is 0 Å². The number of nitrogens with zero attached hydrogens (tertiary/aromatic N) is 1. The third kappa shape index (κ3) is 5.00. The lowest BCUT2D eigenvalue weighted by atomic mass is 10.3. The molecular weight excluding hydrogens is 170 g/mol. The van der Waals surface area contributed by atoms with Gasteiger partial charge in [-0.25, -0.2) is 4.79 Å². The maximum absolute atomic E-state index is 11.2. The van der Waals surface area contributed by atoms with Crippen molar-refractivity contribution in [2.45, 2.75) is 13.8 Å². The molecule has 0 fully saturated rings. The van der Waals surface area contributed by atoms with Gasteiger partial charge in [-0.3, -0.25) is 4.90 Å². The molecule has 1 amide bonds. The van der Waals surface area contributed by atoms with Gasteiger partial charge in [0.2, 0.25) is 0 Å². The molecule has 0 saturated carbocycles. The van der Waals surface area contributed by atoms with E-state index in [4.69, 9.17) is 4.74 Å². The van der Waals surface area contributed by atoms with Crippen molar-refractivity contribution in [1.29, 1.82) is 0 Å². The first-order valence-electron chi connectivity index (χ1n) is 4.11. The van der Waals surface area contributed by atoms with Crippen LogP contribution in [-0.4, -0.2) is 37.0 Å². The maximum atomic E-state index is 11.2. The van der Waals surface area contributed by atoms with Crippen LogP contribution < -0.4 is 0 Å². The van der Waals surface area contributed by atoms with Crippen molar-refractivity contribution in [2.24, 2.45) is 0 Å². The molecule has 0 unspecified atom stereocenters. The Morgan fingerprint density at radius 3 is 2.62 bits per heavy atom. The molecule has 0 aromatic carbocycles. The normalized spacial score (nSPS) is 9.08. The summed E-state index contributed by atoms with van der Waals surface area (Å²) < 4.78 is 4.74. The van der Waals surface area contributed by atoms with E-state index in [1.54, 1.807) is 13.8 Å². The Morgan fingerprint density at radius 2 is 2.23 bits per heavy atom. The fraction of sp³-hybridized carbons (Fsp3) is 0.556. The highest BCUT2D eigenvalue weighted by Gasteiger charge is 2.12. The standard InChI is InChI=1S/C9H15NO3/c1-4-13-9(12)10(5-6-11)7-8(2)3/h6H,2,4-5,7H2,1,3H3. The van der Waals surface area contributed by atoms with Crippen molar-refractivity contribution in [3.8, 4) is 0 Å². The highest BCUT2D eigenvalue weighted by Crippen LogP contribution is 1.98. The van der Waals surface area contributed by atoms with Gasteiger partial charge in [-0.2, -0.15) is 0 Å². The van der Waals surface area contributed by atoms with E-state index in [9.17, 15) is 9.59 Å². The van der Waals surface area contributed by atoms with Gasteiger partial charge >= 0.3 is 6.09 Å². The molecule has 0 spiro atoms. The van der Waals surface area contributed by atoms with Crippen LogP contribution in [0.3, 0.4) is 0 Å². The van der Waals surface area contributed by atoms with Crippen LogP contribution in [0.2, 0.25) is 0 Å². The fourth-order valence-corrected chi connectivity index (χ4v) is 0.834. The van der Waals surface area contributed by atoms with Crippen molar-refractivity contribution in [3.05, 3.63) is 12.2 Å². The molecule has 0 aliphatic carbocycles. The molecule has 0 aromatic rings. The highest BCUT2D eigenvalue weighted by molar-refractivity contribution is 5.71. The van der Waals surface area contributed by atoms with Crippen LogP contribution in [0, 0.1) is 0 Å². The minimum absolute atomic E-state index is 0.0473. The second-order valence-corrected chi connectivity index (χ2v) is 2.70. The predicted molar refractivity (Wildman–Crippen MR) is 49.5 cm³/mol. The predicted octanol–water partition coefficient (Wildman–Crippen LogP) is 1.22. The Kier molecular flexibility index (Phi) is 5.59. The second kappa shape index (κ2) is 6.22. The quantitative estimate of drug-likeness (QED) is 0.478. The van der Waals surface area contributed by atoms with Crippen molar-refractivity contribution in [2.75, 3.05) is 19.7 Å². The first-order chi connectivity index (χ1) is 6.11. The van der Waals surface area contributed by atoms with Gasteiger partial charge in [0.25, 0.3) is 0 Å². The van der Waals surface area contributed by atoms with Crippen LogP contribution >= 0.6 is 0 Å². The van der Waals surface area contributed by atoms with Crippen molar-refractivity contribution in [1.82, 2.24) is 4.90 Å². The van der Waals surface area contributed by atoms with Crippen molar-refractivity contribution in [3.63, 3.8) is 0 Å². The molecule has 0 N–H and O–H groups in total. The van der Waals surface area contributed by atoms with Gasteiger partial charge in [-0.1, -0.05) is 12.2 Å². The van der Waals surface area contributed by atoms with Gasteiger partial charge in [-0.15, -0.1) is 0 Å². The van der Waals surface area contributed by atoms with E-state index < -0.39 is 6.09 Å². The summed E-state index contributed by atoms with van der Waals surface area (Å²) in [6.45, 7) is 7.88. The maximum Gasteiger partial charge on any atom is 0.410 e. The number of rotatable bonds is 5. The number of carbonyl (C=O) groups excluding carboxylic acids is 2. The van der Waals surface area contributed by atoms with Crippen LogP contribution in [0.15, 0.2) is 12.2 Å². The van der Waals surface area contributed by atoms with E-state index in [1.165, 1.54) is 4.90 Å². The van der Waals surface area contributed by atoms with Gasteiger partial charge in [0.1, 0.15) is 6.29 Å². The Balaban J connectivity index is 4.13. The molecule has 0 radical (unpaired) electrons. The lowest BCUT2D eigenvalue weighted by Gasteiger charge is -2.18. The zero-order valence-electron chi connectivity index (χ0n) is 8.08.